The highest BCUT2D eigenvalue weighted by atomic mass is 15.2. The van der Waals surface area contributed by atoms with Gasteiger partial charge >= 0.3 is 0 Å². The van der Waals surface area contributed by atoms with Gasteiger partial charge in [0.2, 0.25) is 0 Å². The zero-order chi connectivity index (χ0) is 20.7. The molecule has 2 saturated heterocycles. The molecule has 0 bridgehead atoms. The van der Waals surface area contributed by atoms with E-state index >= 15 is 0 Å². The van der Waals surface area contributed by atoms with Crippen molar-refractivity contribution in [3.63, 3.8) is 0 Å². The van der Waals surface area contributed by atoms with Crippen molar-refractivity contribution in [2.24, 2.45) is 22.7 Å². The molecule has 0 aromatic rings. The van der Waals surface area contributed by atoms with Crippen molar-refractivity contribution in [2.45, 2.75) is 112 Å². The lowest BCUT2D eigenvalue weighted by Crippen LogP contribution is -2.57. The first-order valence-electron chi connectivity index (χ1n) is 11.6. The summed E-state index contributed by atoms with van der Waals surface area (Å²) in [5.74, 6) is 1.81. The van der Waals surface area contributed by atoms with E-state index in [1.165, 1.54) is 58.3 Å². The van der Waals surface area contributed by atoms with Gasteiger partial charge in [-0.1, -0.05) is 34.6 Å². The first kappa shape index (κ1) is 23.2. The van der Waals surface area contributed by atoms with Gasteiger partial charge in [0.15, 0.2) is 0 Å². The van der Waals surface area contributed by atoms with Gasteiger partial charge in [0, 0.05) is 30.7 Å². The predicted molar refractivity (Wildman–Crippen MR) is 120 cm³/mol. The number of hydrogen-bond donors (Lipinski definition) is 0. The minimum absolute atomic E-state index is 0.335. The van der Waals surface area contributed by atoms with Crippen LogP contribution in [0.3, 0.4) is 0 Å². The fourth-order valence-electron chi connectivity index (χ4n) is 5.35. The second kappa shape index (κ2) is 7.98. The number of hydrogen-bond acceptors (Lipinski definition) is 2. The van der Waals surface area contributed by atoms with E-state index in [0.717, 1.165) is 11.8 Å². The summed E-state index contributed by atoms with van der Waals surface area (Å²) in [4.78, 5) is 5.43. The largest absolute Gasteiger partial charge is 0.298 e. The lowest BCUT2D eigenvalue weighted by molar-refractivity contribution is -0.0216. The Morgan fingerprint density at radius 3 is 1.70 bits per heavy atom. The molecular formula is C25H50N2. The lowest BCUT2D eigenvalue weighted by Gasteiger charge is -2.51. The topological polar surface area (TPSA) is 6.48 Å². The third-order valence-electron chi connectivity index (χ3n) is 7.20. The molecule has 2 nitrogen and oxygen atoms in total. The van der Waals surface area contributed by atoms with Gasteiger partial charge in [0.1, 0.15) is 0 Å². The fourth-order valence-corrected chi connectivity index (χ4v) is 5.35. The summed E-state index contributed by atoms with van der Waals surface area (Å²) < 4.78 is 0. The molecule has 2 heterocycles. The third-order valence-corrected chi connectivity index (χ3v) is 7.20. The Labute approximate surface area is 171 Å². The Kier molecular flexibility index (Phi) is 6.85. The quantitative estimate of drug-likeness (QED) is 0.502. The summed E-state index contributed by atoms with van der Waals surface area (Å²) in [6.07, 6.45) is 6.84. The van der Waals surface area contributed by atoms with Crippen molar-refractivity contribution in [2.75, 3.05) is 26.2 Å². The molecule has 160 valence electrons. The molecule has 27 heavy (non-hydrogen) atoms. The van der Waals surface area contributed by atoms with Gasteiger partial charge in [-0.2, -0.15) is 0 Å². The molecule has 0 spiro atoms. The molecule has 2 aliphatic heterocycles. The van der Waals surface area contributed by atoms with Gasteiger partial charge in [-0.3, -0.25) is 9.80 Å². The average Bonchev–Trinajstić information content (AvgIpc) is 2.87. The first-order chi connectivity index (χ1) is 12.1. The smallest absolute Gasteiger partial charge is 0.0153 e. The third kappa shape index (κ3) is 7.03. The average molecular weight is 379 g/mol. The molecule has 0 amide bonds. The monoisotopic (exact) mass is 378 g/mol. The molecule has 2 aliphatic rings. The minimum Gasteiger partial charge on any atom is -0.298 e. The Hall–Kier alpha value is -0.0800. The molecule has 2 fully saturated rings. The normalized spacial score (nSPS) is 24.4. The molecule has 0 aliphatic carbocycles. The van der Waals surface area contributed by atoms with Crippen LogP contribution in [0.4, 0.5) is 0 Å². The van der Waals surface area contributed by atoms with Gasteiger partial charge < -0.3 is 0 Å². The second-order valence-corrected chi connectivity index (χ2v) is 13.5. The van der Waals surface area contributed by atoms with Crippen molar-refractivity contribution in [3.05, 3.63) is 0 Å². The maximum absolute atomic E-state index is 2.75. The van der Waals surface area contributed by atoms with E-state index in [4.69, 9.17) is 0 Å². The Balaban J connectivity index is 1.76. The van der Waals surface area contributed by atoms with Crippen LogP contribution in [0.15, 0.2) is 0 Å². The Morgan fingerprint density at radius 2 is 1.22 bits per heavy atom. The molecule has 1 atom stereocenters. The second-order valence-electron chi connectivity index (χ2n) is 13.5. The van der Waals surface area contributed by atoms with Crippen molar-refractivity contribution in [1.82, 2.24) is 9.80 Å². The molecule has 0 aromatic heterocycles. The fraction of sp³-hybridized carbons (Fsp3) is 1.00. The van der Waals surface area contributed by atoms with Crippen LogP contribution >= 0.6 is 0 Å². The maximum Gasteiger partial charge on any atom is 0.0153 e. The van der Waals surface area contributed by atoms with Crippen LogP contribution < -0.4 is 0 Å². The van der Waals surface area contributed by atoms with E-state index in [-0.39, 0.29) is 0 Å². The molecule has 0 aromatic carbocycles. The summed E-state index contributed by atoms with van der Waals surface area (Å²) in [5, 5.41) is 0. The van der Waals surface area contributed by atoms with E-state index in [2.05, 4.69) is 79.0 Å². The Morgan fingerprint density at radius 1 is 0.667 bits per heavy atom. The lowest BCUT2D eigenvalue weighted by atomic mass is 9.74. The van der Waals surface area contributed by atoms with Gasteiger partial charge in [-0.15, -0.1) is 0 Å². The Bertz CT molecular complexity index is 472. The molecule has 2 rings (SSSR count). The highest BCUT2D eigenvalue weighted by molar-refractivity contribution is 4.94. The van der Waals surface area contributed by atoms with Crippen LogP contribution in [0.1, 0.15) is 101 Å². The summed E-state index contributed by atoms with van der Waals surface area (Å²) in [6, 6.07) is 0. The summed E-state index contributed by atoms with van der Waals surface area (Å²) in [7, 11) is 0. The van der Waals surface area contributed by atoms with E-state index in [1.807, 2.05) is 0 Å². The molecule has 0 N–H and O–H groups in total. The van der Waals surface area contributed by atoms with Gasteiger partial charge in [0.05, 0.1) is 0 Å². The standard InChI is InChI=1S/C25H50N2/c1-22(2,3)15-21-18-27(19-21)25(9,10)13-12-24(7,8)16-20-11-14-26(17-20)23(4,5)6/h20-21H,11-19H2,1-10H3. The molecule has 0 radical (unpaired) electrons. The van der Waals surface area contributed by atoms with E-state index in [0.29, 0.717) is 21.9 Å². The van der Waals surface area contributed by atoms with Crippen LogP contribution in [-0.4, -0.2) is 47.1 Å². The summed E-state index contributed by atoms with van der Waals surface area (Å²) in [5.41, 5.74) is 1.64. The van der Waals surface area contributed by atoms with Gasteiger partial charge in [-0.25, -0.2) is 0 Å². The van der Waals surface area contributed by atoms with E-state index in [1.54, 1.807) is 0 Å². The predicted octanol–water partition coefficient (Wildman–Crippen LogP) is 6.45. The van der Waals surface area contributed by atoms with Crippen molar-refractivity contribution in [3.8, 4) is 0 Å². The highest BCUT2D eigenvalue weighted by Gasteiger charge is 2.40. The first-order valence-corrected chi connectivity index (χ1v) is 11.6. The molecule has 0 saturated carbocycles. The summed E-state index contributed by atoms with van der Waals surface area (Å²) in [6.45, 7) is 29.4. The number of rotatable bonds is 7. The van der Waals surface area contributed by atoms with Crippen LogP contribution in [0, 0.1) is 22.7 Å². The molecule has 2 heteroatoms. The highest BCUT2D eigenvalue weighted by Crippen LogP contribution is 2.40. The van der Waals surface area contributed by atoms with E-state index in [9.17, 15) is 0 Å². The molecule has 1 unspecified atom stereocenters. The van der Waals surface area contributed by atoms with Gasteiger partial charge in [-0.05, 0) is 95.9 Å². The zero-order valence-electron chi connectivity index (χ0n) is 20.4. The van der Waals surface area contributed by atoms with Crippen molar-refractivity contribution in [1.29, 1.82) is 0 Å². The van der Waals surface area contributed by atoms with Crippen LogP contribution in [-0.2, 0) is 0 Å². The van der Waals surface area contributed by atoms with Crippen molar-refractivity contribution >= 4 is 0 Å². The van der Waals surface area contributed by atoms with Crippen LogP contribution in [0.2, 0.25) is 0 Å². The van der Waals surface area contributed by atoms with Crippen LogP contribution in [0.5, 0.6) is 0 Å². The van der Waals surface area contributed by atoms with Crippen LogP contribution in [0.25, 0.3) is 0 Å². The SMILES string of the molecule is CC(C)(C)CC1CN(C(C)(C)CCC(C)(C)CC2CCN(C(C)(C)C)C2)C1. The minimum atomic E-state index is 0.335. The maximum atomic E-state index is 2.75. The van der Waals surface area contributed by atoms with Crippen molar-refractivity contribution < 1.29 is 0 Å². The number of likely N-dealkylation sites (tertiary alicyclic amines) is 2. The molecular weight excluding hydrogens is 328 g/mol. The zero-order valence-corrected chi connectivity index (χ0v) is 20.4. The van der Waals surface area contributed by atoms with Gasteiger partial charge in [0.25, 0.3) is 0 Å². The summed E-state index contributed by atoms with van der Waals surface area (Å²) >= 11 is 0. The number of nitrogens with zero attached hydrogens (tertiary/aromatic N) is 2. The van der Waals surface area contributed by atoms with E-state index < -0.39 is 0 Å².